The molecule has 5 nitrogen and oxygen atoms in total. The molecule has 0 aliphatic heterocycles. The number of hydrogen-bond donors (Lipinski definition) is 3. The summed E-state index contributed by atoms with van der Waals surface area (Å²) in [6.45, 7) is 3.81. The van der Waals surface area contributed by atoms with Gasteiger partial charge in [-0.2, -0.15) is 0 Å². The minimum absolute atomic E-state index is 0.00724. The molecule has 3 rings (SSSR count). The van der Waals surface area contributed by atoms with Gasteiger partial charge >= 0.3 is 0 Å². The summed E-state index contributed by atoms with van der Waals surface area (Å²) < 4.78 is 27.5. The van der Waals surface area contributed by atoms with Gasteiger partial charge in [-0.1, -0.05) is 25.1 Å². The van der Waals surface area contributed by atoms with Gasteiger partial charge in [0.15, 0.2) is 0 Å². The van der Waals surface area contributed by atoms with Crippen LogP contribution in [0.5, 0.6) is 0 Å². The summed E-state index contributed by atoms with van der Waals surface area (Å²) in [6.07, 6.45) is 3.94. The van der Waals surface area contributed by atoms with E-state index in [1.165, 1.54) is 35.7 Å². The maximum Gasteiger partial charge on any atom is 0.220 e. The van der Waals surface area contributed by atoms with Crippen molar-refractivity contribution in [2.45, 2.75) is 83.4 Å². The minimum Gasteiger partial charge on any atom is -0.390 e. The van der Waals surface area contributed by atoms with Crippen LogP contribution < -0.4 is 10.6 Å². The van der Waals surface area contributed by atoms with E-state index in [9.17, 15) is 23.5 Å². The second-order valence-corrected chi connectivity index (χ2v) is 9.52. The standard InChI is InChI=1S/C28H36F2N2O3/c1-3-19-10-11-21-7-5-8-25(24(21)14-19)31-17-27(34)26(32-28(35)9-4-6-18(2)33)15-20-12-22(29)16-23(30)13-20/h10-14,16,25-27,31,34H,3-9,15,17H2,1-2H3,(H,32,35). The van der Waals surface area contributed by atoms with E-state index in [0.717, 1.165) is 31.7 Å². The van der Waals surface area contributed by atoms with Crippen LogP contribution in [0.3, 0.4) is 0 Å². The number of fused-ring (bicyclic) bond motifs is 1. The predicted octanol–water partition coefficient (Wildman–Crippen LogP) is 4.34. The number of carbonyl (C=O) groups excluding carboxylic acids is 2. The fraction of sp³-hybridized carbons (Fsp3) is 0.500. The molecule has 0 fully saturated rings. The van der Waals surface area contributed by atoms with Crippen LogP contribution in [0.1, 0.15) is 74.2 Å². The maximum absolute atomic E-state index is 13.7. The molecule has 3 atom stereocenters. The Morgan fingerprint density at radius 2 is 1.83 bits per heavy atom. The third kappa shape index (κ3) is 8.22. The number of benzene rings is 2. The molecule has 1 aliphatic carbocycles. The van der Waals surface area contributed by atoms with Gasteiger partial charge in [-0.25, -0.2) is 8.78 Å². The first-order valence-electron chi connectivity index (χ1n) is 12.5. The quantitative estimate of drug-likeness (QED) is 0.417. The van der Waals surface area contributed by atoms with E-state index in [1.54, 1.807) is 0 Å². The van der Waals surface area contributed by atoms with Crippen molar-refractivity contribution in [3.8, 4) is 0 Å². The second-order valence-electron chi connectivity index (χ2n) is 9.52. The molecular formula is C28H36F2N2O3. The number of aliphatic hydroxyl groups is 1. The number of carbonyl (C=O) groups is 2. The van der Waals surface area contributed by atoms with Gasteiger partial charge in [0.1, 0.15) is 17.4 Å². The van der Waals surface area contributed by atoms with Crippen LogP contribution in [0.2, 0.25) is 0 Å². The molecule has 3 unspecified atom stereocenters. The summed E-state index contributed by atoms with van der Waals surface area (Å²) in [6, 6.07) is 9.14. The molecule has 35 heavy (non-hydrogen) atoms. The van der Waals surface area contributed by atoms with E-state index >= 15 is 0 Å². The van der Waals surface area contributed by atoms with Crippen LogP contribution in [0, 0.1) is 11.6 Å². The first-order chi connectivity index (χ1) is 16.7. The Kier molecular flexibility index (Phi) is 9.93. The lowest BCUT2D eigenvalue weighted by Gasteiger charge is -2.30. The van der Waals surface area contributed by atoms with Crippen LogP contribution in [-0.4, -0.2) is 35.5 Å². The highest BCUT2D eigenvalue weighted by Crippen LogP contribution is 2.30. The number of Topliss-reactive ketones (excluding diaryl/α,β-unsaturated/α-hetero) is 1. The van der Waals surface area contributed by atoms with Crippen LogP contribution in [-0.2, 0) is 28.9 Å². The zero-order chi connectivity index (χ0) is 25.4. The van der Waals surface area contributed by atoms with Crippen molar-refractivity contribution in [2.24, 2.45) is 0 Å². The number of amides is 1. The topological polar surface area (TPSA) is 78.4 Å². The van der Waals surface area contributed by atoms with Gasteiger partial charge in [-0.15, -0.1) is 0 Å². The maximum atomic E-state index is 13.7. The van der Waals surface area contributed by atoms with Crippen molar-refractivity contribution in [3.63, 3.8) is 0 Å². The molecule has 2 aromatic carbocycles. The van der Waals surface area contributed by atoms with Crippen molar-refractivity contribution in [1.82, 2.24) is 10.6 Å². The van der Waals surface area contributed by atoms with Crippen molar-refractivity contribution in [1.29, 1.82) is 0 Å². The van der Waals surface area contributed by atoms with E-state index in [-0.39, 0.29) is 37.1 Å². The molecule has 0 spiro atoms. The van der Waals surface area contributed by atoms with Crippen molar-refractivity contribution < 1.29 is 23.5 Å². The molecule has 0 heterocycles. The van der Waals surface area contributed by atoms with Gasteiger partial charge in [-0.3, -0.25) is 4.79 Å². The van der Waals surface area contributed by atoms with Crippen LogP contribution >= 0.6 is 0 Å². The number of rotatable bonds is 12. The normalized spacial score (nSPS) is 16.9. The van der Waals surface area contributed by atoms with Crippen molar-refractivity contribution in [2.75, 3.05) is 6.54 Å². The Hall–Kier alpha value is -2.64. The molecule has 3 N–H and O–H groups in total. The number of ketones is 1. The average molecular weight is 487 g/mol. The number of halogens is 2. The first kappa shape index (κ1) is 27.0. The summed E-state index contributed by atoms with van der Waals surface area (Å²) in [5.41, 5.74) is 4.18. The highest BCUT2D eigenvalue weighted by atomic mass is 19.1. The summed E-state index contributed by atoms with van der Waals surface area (Å²) >= 11 is 0. The van der Waals surface area contributed by atoms with E-state index in [0.29, 0.717) is 18.4 Å². The van der Waals surface area contributed by atoms with E-state index in [4.69, 9.17) is 0 Å². The Bertz CT molecular complexity index is 1010. The number of aryl methyl sites for hydroxylation is 2. The summed E-state index contributed by atoms with van der Waals surface area (Å²) in [5, 5.41) is 17.3. The van der Waals surface area contributed by atoms with Crippen LogP contribution in [0.15, 0.2) is 36.4 Å². The summed E-state index contributed by atoms with van der Waals surface area (Å²) in [4.78, 5) is 23.7. The molecule has 7 heteroatoms. The van der Waals surface area contributed by atoms with Gasteiger partial charge in [-0.05, 0) is 79.8 Å². The van der Waals surface area contributed by atoms with Crippen LogP contribution in [0.25, 0.3) is 0 Å². The molecule has 1 amide bonds. The molecule has 0 saturated heterocycles. The largest absolute Gasteiger partial charge is 0.390 e. The summed E-state index contributed by atoms with van der Waals surface area (Å²) in [7, 11) is 0. The third-order valence-electron chi connectivity index (χ3n) is 6.63. The van der Waals surface area contributed by atoms with Gasteiger partial charge < -0.3 is 20.5 Å². The van der Waals surface area contributed by atoms with E-state index in [2.05, 4.69) is 35.8 Å². The zero-order valence-electron chi connectivity index (χ0n) is 20.6. The molecule has 0 aromatic heterocycles. The molecular weight excluding hydrogens is 450 g/mol. The number of hydrogen-bond acceptors (Lipinski definition) is 4. The Morgan fingerprint density at radius 3 is 2.51 bits per heavy atom. The lowest BCUT2D eigenvalue weighted by Crippen LogP contribution is -2.49. The molecule has 0 saturated carbocycles. The van der Waals surface area contributed by atoms with Crippen molar-refractivity contribution >= 4 is 11.7 Å². The fourth-order valence-electron chi connectivity index (χ4n) is 4.73. The smallest absolute Gasteiger partial charge is 0.220 e. The molecule has 0 radical (unpaired) electrons. The average Bonchev–Trinajstić information content (AvgIpc) is 2.80. The van der Waals surface area contributed by atoms with Crippen molar-refractivity contribution in [3.05, 3.63) is 70.3 Å². The van der Waals surface area contributed by atoms with Crippen LogP contribution in [0.4, 0.5) is 8.78 Å². The molecule has 2 aromatic rings. The molecule has 190 valence electrons. The van der Waals surface area contributed by atoms with Gasteiger partial charge in [0.25, 0.3) is 0 Å². The van der Waals surface area contributed by atoms with E-state index in [1.807, 2.05) is 0 Å². The Balaban J connectivity index is 1.69. The zero-order valence-corrected chi connectivity index (χ0v) is 20.6. The fourth-order valence-corrected chi connectivity index (χ4v) is 4.73. The number of nitrogens with one attached hydrogen (secondary N) is 2. The van der Waals surface area contributed by atoms with Gasteiger partial charge in [0.05, 0.1) is 12.1 Å². The predicted molar refractivity (Wildman–Crippen MR) is 132 cm³/mol. The Morgan fingerprint density at radius 1 is 1.09 bits per heavy atom. The second kappa shape index (κ2) is 12.9. The lowest BCUT2D eigenvalue weighted by molar-refractivity contribution is -0.123. The first-order valence-corrected chi connectivity index (χ1v) is 12.5. The SMILES string of the molecule is CCc1ccc2c(c1)C(NCC(O)C(Cc1cc(F)cc(F)c1)NC(=O)CCCC(C)=O)CCC2. The highest BCUT2D eigenvalue weighted by molar-refractivity contribution is 5.78. The lowest BCUT2D eigenvalue weighted by atomic mass is 9.86. The van der Waals surface area contributed by atoms with E-state index < -0.39 is 23.8 Å². The monoisotopic (exact) mass is 486 g/mol. The number of aliphatic hydroxyl groups excluding tert-OH is 1. The third-order valence-corrected chi connectivity index (χ3v) is 6.63. The minimum atomic E-state index is -0.974. The molecule has 1 aliphatic rings. The van der Waals surface area contributed by atoms with Gasteiger partial charge in [0, 0.05) is 31.5 Å². The molecule has 0 bridgehead atoms. The van der Waals surface area contributed by atoms with Gasteiger partial charge in [0.2, 0.25) is 5.91 Å². The highest BCUT2D eigenvalue weighted by Gasteiger charge is 2.25. The Labute approximate surface area is 206 Å². The summed E-state index contributed by atoms with van der Waals surface area (Å²) in [5.74, 6) is -1.70.